The Balaban J connectivity index is 1.23. The number of hydrogen-bond acceptors (Lipinski definition) is 6. The summed E-state index contributed by atoms with van der Waals surface area (Å²) in [7, 11) is -3.53. The lowest BCUT2D eigenvalue weighted by atomic mass is 10.2. The van der Waals surface area contributed by atoms with Gasteiger partial charge in [-0.1, -0.05) is 18.2 Å². The van der Waals surface area contributed by atoms with E-state index in [1.165, 1.54) is 16.4 Å². The molecular formula is C28H26N4O4S2. The van der Waals surface area contributed by atoms with Crippen LogP contribution in [0.5, 0.6) is 11.5 Å². The highest BCUT2D eigenvalue weighted by Gasteiger charge is 2.28. The Morgan fingerprint density at radius 2 is 1.55 bits per heavy atom. The Labute approximate surface area is 225 Å². The van der Waals surface area contributed by atoms with Crippen molar-refractivity contribution < 1.29 is 17.9 Å². The number of amides is 1. The van der Waals surface area contributed by atoms with Crippen molar-refractivity contribution in [3.63, 3.8) is 0 Å². The summed E-state index contributed by atoms with van der Waals surface area (Å²) in [6, 6.07) is 23.2. The molecule has 0 bridgehead atoms. The molecule has 2 aliphatic rings. The Morgan fingerprint density at radius 3 is 2.26 bits per heavy atom. The van der Waals surface area contributed by atoms with Crippen LogP contribution in [0.2, 0.25) is 0 Å². The Hall–Kier alpha value is -3.60. The molecule has 0 unspecified atom stereocenters. The summed E-state index contributed by atoms with van der Waals surface area (Å²) in [5.41, 5.74) is 3.12. The monoisotopic (exact) mass is 546 g/mol. The van der Waals surface area contributed by atoms with Crippen molar-refractivity contribution >= 4 is 33.5 Å². The van der Waals surface area contributed by atoms with Crippen LogP contribution in [0.4, 0.5) is 5.82 Å². The molecule has 0 aliphatic carbocycles. The van der Waals surface area contributed by atoms with Gasteiger partial charge in [0.05, 0.1) is 16.3 Å². The minimum absolute atomic E-state index is 0.205. The van der Waals surface area contributed by atoms with Crippen molar-refractivity contribution in [1.29, 1.82) is 0 Å². The second kappa shape index (κ2) is 10.3. The predicted molar refractivity (Wildman–Crippen MR) is 147 cm³/mol. The van der Waals surface area contributed by atoms with Crippen LogP contribution in [0.3, 0.4) is 0 Å². The number of aromatic nitrogens is 2. The van der Waals surface area contributed by atoms with E-state index < -0.39 is 10.0 Å². The fourth-order valence-corrected chi connectivity index (χ4v) is 7.20. The molecule has 1 fully saturated rings. The molecule has 1 aromatic heterocycles. The summed E-state index contributed by atoms with van der Waals surface area (Å²) in [6.45, 7) is 1.08. The summed E-state index contributed by atoms with van der Waals surface area (Å²) in [5, 5.41) is 7.80. The maximum absolute atomic E-state index is 13.2. The first kappa shape index (κ1) is 24.7. The predicted octanol–water partition coefficient (Wildman–Crippen LogP) is 5.45. The summed E-state index contributed by atoms with van der Waals surface area (Å²) >= 11 is 1.75. The van der Waals surface area contributed by atoms with Crippen LogP contribution >= 0.6 is 11.8 Å². The first-order valence-electron chi connectivity index (χ1n) is 12.4. The number of sulfonamides is 1. The van der Waals surface area contributed by atoms with Crippen LogP contribution in [0, 0.1) is 0 Å². The summed E-state index contributed by atoms with van der Waals surface area (Å²) in [5.74, 6) is 3.30. The molecule has 0 spiro atoms. The van der Waals surface area contributed by atoms with Crippen molar-refractivity contribution in [2.24, 2.45) is 0 Å². The lowest BCUT2D eigenvalue weighted by Gasteiger charge is -2.16. The molecule has 6 rings (SSSR count). The number of hydrogen-bond donors (Lipinski definition) is 1. The van der Waals surface area contributed by atoms with E-state index in [1.807, 2.05) is 54.6 Å². The van der Waals surface area contributed by atoms with Gasteiger partial charge in [-0.2, -0.15) is 21.2 Å². The fourth-order valence-electron chi connectivity index (χ4n) is 4.64. The number of nitrogens with one attached hydrogen (secondary N) is 1. The van der Waals surface area contributed by atoms with Crippen molar-refractivity contribution in [2.75, 3.05) is 18.4 Å². The van der Waals surface area contributed by atoms with Gasteiger partial charge in [0, 0.05) is 35.7 Å². The molecule has 38 heavy (non-hydrogen) atoms. The van der Waals surface area contributed by atoms with Gasteiger partial charge in [-0.15, -0.1) is 0 Å². The third-order valence-corrected chi connectivity index (χ3v) is 9.55. The molecule has 1 amide bonds. The Morgan fingerprint density at radius 1 is 0.868 bits per heavy atom. The molecule has 1 N–H and O–H groups in total. The van der Waals surface area contributed by atoms with E-state index in [0.717, 1.165) is 47.0 Å². The van der Waals surface area contributed by atoms with Crippen LogP contribution in [-0.2, 0) is 21.5 Å². The third kappa shape index (κ3) is 4.82. The molecule has 3 heterocycles. The minimum atomic E-state index is -3.53. The van der Waals surface area contributed by atoms with Gasteiger partial charge in [-0.3, -0.25) is 4.79 Å². The fraction of sp³-hybridized carbons (Fsp3) is 0.214. The van der Waals surface area contributed by atoms with Gasteiger partial charge < -0.3 is 10.1 Å². The van der Waals surface area contributed by atoms with Crippen LogP contribution in [-0.4, -0.2) is 41.5 Å². The van der Waals surface area contributed by atoms with Crippen LogP contribution in [0.1, 0.15) is 34.5 Å². The average molecular weight is 547 g/mol. The first-order valence-corrected chi connectivity index (χ1v) is 15.0. The SMILES string of the molecule is O=C(Nc1c2c(nn1-c1ccc(Oc3ccccc3)cc1)CSC2)c1ccc(S(=O)(=O)N2CCCC2)cc1. The average Bonchev–Trinajstić information content (AvgIpc) is 3.70. The van der Waals surface area contributed by atoms with Crippen molar-refractivity contribution in [3.8, 4) is 17.2 Å². The zero-order chi connectivity index (χ0) is 26.1. The number of benzene rings is 3. The van der Waals surface area contributed by atoms with Crippen LogP contribution < -0.4 is 10.1 Å². The number of carbonyl (C=O) groups excluding carboxylic acids is 1. The number of anilines is 1. The van der Waals surface area contributed by atoms with E-state index in [-0.39, 0.29) is 10.8 Å². The highest BCUT2D eigenvalue weighted by molar-refractivity contribution is 7.98. The largest absolute Gasteiger partial charge is 0.457 e. The van der Waals surface area contributed by atoms with E-state index in [0.29, 0.717) is 30.2 Å². The molecule has 194 valence electrons. The quantitative estimate of drug-likeness (QED) is 0.331. The molecule has 10 heteroatoms. The number of para-hydroxylation sites is 1. The number of thioether (sulfide) groups is 1. The Bertz CT molecular complexity index is 1560. The zero-order valence-electron chi connectivity index (χ0n) is 20.5. The van der Waals surface area contributed by atoms with Crippen molar-refractivity contribution in [3.05, 3.63) is 95.7 Å². The molecule has 0 radical (unpaired) electrons. The van der Waals surface area contributed by atoms with Gasteiger partial charge in [-0.25, -0.2) is 13.1 Å². The molecule has 0 atom stereocenters. The maximum atomic E-state index is 13.2. The normalized spacial score (nSPS) is 15.4. The van der Waals surface area contributed by atoms with Gasteiger partial charge >= 0.3 is 0 Å². The summed E-state index contributed by atoms with van der Waals surface area (Å²) < 4.78 is 34.8. The van der Waals surface area contributed by atoms with E-state index in [9.17, 15) is 13.2 Å². The van der Waals surface area contributed by atoms with Gasteiger partial charge in [0.2, 0.25) is 10.0 Å². The number of rotatable bonds is 7. The topological polar surface area (TPSA) is 93.5 Å². The van der Waals surface area contributed by atoms with Gasteiger partial charge in [-0.05, 0) is 73.5 Å². The summed E-state index contributed by atoms with van der Waals surface area (Å²) in [4.78, 5) is 13.4. The smallest absolute Gasteiger partial charge is 0.256 e. The number of fused-ring (bicyclic) bond motifs is 1. The van der Waals surface area contributed by atoms with E-state index in [1.54, 1.807) is 28.6 Å². The van der Waals surface area contributed by atoms with Crippen LogP contribution in [0.15, 0.2) is 83.8 Å². The lowest BCUT2D eigenvalue weighted by molar-refractivity contribution is 0.102. The van der Waals surface area contributed by atoms with Crippen molar-refractivity contribution in [1.82, 2.24) is 14.1 Å². The number of nitrogens with zero attached hydrogens (tertiary/aromatic N) is 3. The number of carbonyl (C=O) groups is 1. The molecule has 0 saturated carbocycles. The maximum Gasteiger partial charge on any atom is 0.256 e. The standard InChI is InChI=1S/C28H26N4O4S2/c33-28(20-8-14-24(15-9-20)38(34,35)31-16-4-5-17-31)29-27-25-18-37-19-26(25)30-32(27)21-10-12-23(13-11-21)36-22-6-2-1-3-7-22/h1-3,6-15H,4-5,16-19H2,(H,29,33). The second-order valence-electron chi connectivity index (χ2n) is 9.18. The highest BCUT2D eigenvalue weighted by atomic mass is 32.2. The molecule has 1 saturated heterocycles. The highest BCUT2D eigenvalue weighted by Crippen LogP contribution is 2.36. The van der Waals surface area contributed by atoms with Crippen molar-refractivity contribution in [2.45, 2.75) is 29.2 Å². The molecule has 2 aliphatic heterocycles. The number of ether oxygens (including phenoxy) is 1. The molecule has 4 aromatic rings. The van der Waals surface area contributed by atoms with E-state index >= 15 is 0 Å². The molecule has 3 aromatic carbocycles. The second-order valence-corrected chi connectivity index (χ2v) is 12.1. The lowest BCUT2D eigenvalue weighted by Crippen LogP contribution is -2.27. The van der Waals surface area contributed by atoms with E-state index in [2.05, 4.69) is 5.32 Å². The molecular weight excluding hydrogens is 520 g/mol. The summed E-state index contributed by atoms with van der Waals surface area (Å²) in [6.07, 6.45) is 1.75. The van der Waals surface area contributed by atoms with Crippen LogP contribution in [0.25, 0.3) is 5.69 Å². The molecule has 8 nitrogen and oxygen atoms in total. The van der Waals surface area contributed by atoms with Gasteiger partial charge in [0.15, 0.2) is 0 Å². The first-order chi connectivity index (χ1) is 18.5. The van der Waals surface area contributed by atoms with Gasteiger partial charge in [0.1, 0.15) is 17.3 Å². The van der Waals surface area contributed by atoms with E-state index in [4.69, 9.17) is 9.84 Å². The third-order valence-electron chi connectivity index (χ3n) is 6.66. The Kier molecular flexibility index (Phi) is 6.69. The zero-order valence-corrected chi connectivity index (χ0v) is 22.2. The minimum Gasteiger partial charge on any atom is -0.457 e. The van der Waals surface area contributed by atoms with Gasteiger partial charge in [0.25, 0.3) is 5.91 Å².